The maximum absolute atomic E-state index is 12.8. The van der Waals surface area contributed by atoms with Gasteiger partial charge in [-0.2, -0.15) is 0 Å². The number of esters is 1. The van der Waals surface area contributed by atoms with Crippen molar-refractivity contribution in [2.24, 2.45) is 0 Å². The molecule has 3 aromatic rings. The fourth-order valence-electron chi connectivity index (χ4n) is 4.25. The highest BCUT2D eigenvalue weighted by Gasteiger charge is 2.33. The molecule has 1 fully saturated rings. The molecule has 0 spiro atoms. The van der Waals surface area contributed by atoms with Crippen molar-refractivity contribution in [2.45, 2.75) is 18.9 Å². The quantitative estimate of drug-likeness (QED) is 0.593. The summed E-state index contributed by atoms with van der Waals surface area (Å²) in [5.74, 6) is -0.204. The first kappa shape index (κ1) is 21.4. The number of hydrogen-bond donors (Lipinski definition) is 1. The summed E-state index contributed by atoms with van der Waals surface area (Å²) >= 11 is 6.35. The van der Waals surface area contributed by atoms with Gasteiger partial charge in [-0.1, -0.05) is 48.0 Å². The fraction of sp³-hybridized carbons (Fsp3) is 0.333. The number of hydrogen-bond acceptors (Lipinski definition) is 4. The van der Waals surface area contributed by atoms with Gasteiger partial charge in [0.2, 0.25) is 5.91 Å². The number of H-pyrrole nitrogens is 1. The second-order valence-electron chi connectivity index (χ2n) is 7.72. The molecular weight excluding hydrogens is 414 g/mol. The number of carbonyl (C=O) groups is 2. The molecule has 1 N–H and O–H groups in total. The SMILES string of the molecule is COC(=O)[C@H](c1ccccc1Cl)N1CCN(C(=O)CCc2c[nH]c3ccccc23)CC1. The monoisotopic (exact) mass is 439 g/mol. The fourth-order valence-corrected chi connectivity index (χ4v) is 4.49. The van der Waals surface area contributed by atoms with Gasteiger partial charge in [0, 0.05) is 54.7 Å². The number of nitrogens with zero attached hydrogens (tertiary/aromatic N) is 2. The van der Waals surface area contributed by atoms with Crippen LogP contribution in [0.4, 0.5) is 0 Å². The molecule has 6 nitrogen and oxygen atoms in total. The van der Waals surface area contributed by atoms with Crippen molar-refractivity contribution in [1.82, 2.24) is 14.8 Å². The van der Waals surface area contributed by atoms with E-state index in [0.717, 1.165) is 16.6 Å². The average molecular weight is 440 g/mol. The second kappa shape index (κ2) is 9.54. The summed E-state index contributed by atoms with van der Waals surface area (Å²) in [6, 6.07) is 14.9. The van der Waals surface area contributed by atoms with Gasteiger partial charge >= 0.3 is 5.97 Å². The van der Waals surface area contributed by atoms with Crippen LogP contribution in [0.2, 0.25) is 5.02 Å². The van der Waals surface area contributed by atoms with Gasteiger partial charge in [0.1, 0.15) is 6.04 Å². The summed E-state index contributed by atoms with van der Waals surface area (Å²) in [5.41, 5.74) is 2.98. The maximum atomic E-state index is 12.8. The van der Waals surface area contributed by atoms with Gasteiger partial charge in [-0.05, 0) is 29.7 Å². The molecule has 1 aromatic heterocycles. The largest absolute Gasteiger partial charge is 0.468 e. The van der Waals surface area contributed by atoms with Crippen molar-refractivity contribution in [3.8, 4) is 0 Å². The molecule has 31 heavy (non-hydrogen) atoms. The molecular formula is C24H26ClN3O3. The molecule has 0 saturated carbocycles. The standard InChI is InChI=1S/C24H26ClN3O3/c1-31-24(30)23(19-7-2-4-8-20(19)25)28-14-12-27(13-15-28)22(29)11-10-17-16-26-21-9-5-3-6-18(17)21/h2-9,16,23,26H,10-15H2,1H3/t23-/m0/s1. The van der Waals surface area contributed by atoms with Crippen LogP contribution in [0.3, 0.4) is 0 Å². The van der Waals surface area contributed by atoms with E-state index in [2.05, 4.69) is 11.1 Å². The second-order valence-corrected chi connectivity index (χ2v) is 8.13. The van der Waals surface area contributed by atoms with Crippen molar-refractivity contribution in [3.63, 3.8) is 0 Å². The zero-order valence-electron chi connectivity index (χ0n) is 17.5. The Balaban J connectivity index is 1.37. The zero-order chi connectivity index (χ0) is 21.8. The Morgan fingerprint density at radius 1 is 1.06 bits per heavy atom. The summed E-state index contributed by atoms with van der Waals surface area (Å²) in [7, 11) is 1.39. The van der Waals surface area contributed by atoms with E-state index in [1.54, 1.807) is 6.07 Å². The van der Waals surface area contributed by atoms with E-state index < -0.39 is 6.04 Å². The molecule has 2 aromatic carbocycles. The van der Waals surface area contributed by atoms with Gasteiger partial charge < -0.3 is 14.6 Å². The minimum absolute atomic E-state index is 0.136. The lowest BCUT2D eigenvalue weighted by Crippen LogP contribution is -2.51. The highest BCUT2D eigenvalue weighted by atomic mass is 35.5. The van der Waals surface area contributed by atoms with Crippen LogP contribution in [0.1, 0.15) is 23.6 Å². The van der Waals surface area contributed by atoms with Crippen LogP contribution in [-0.4, -0.2) is 59.9 Å². The average Bonchev–Trinajstić information content (AvgIpc) is 3.22. The van der Waals surface area contributed by atoms with Crippen LogP contribution in [0, 0.1) is 0 Å². The van der Waals surface area contributed by atoms with E-state index >= 15 is 0 Å². The Morgan fingerprint density at radius 2 is 1.77 bits per heavy atom. The lowest BCUT2D eigenvalue weighted by Gasteiger charge is -2.38. The number of halogens is 1. The number of piperazine rings is 1. The molecule has 0 aliphatic carbocycles. The van der Waals surface area contributed by atoms with Crippen molar-refractivity contribution < 1.29 is 14.3 Å². The van der Waals surface area contributed by atoms with Gasteiger partial charge in [0.05, 0.1) is 7.11 Å². The van der Waals surface area contributed by atoms with E-state index in [1.807, 2.05) is 52.4 Å². The molecule has 4 rings (SSSR count). The molecule has 1 amide bonds. The van der Waals surface area contributed by atoms with Gasteiger partial charge in [-0.25, -0.2) is 4.79 Å². The van der Waals surface area contributed by atoms with Crippen LogP contribution in [0.5, 0.6) is 0 Å². The maximum Gasteiger partial charge on any atom is 0.327 e. The molecule has 1 aliphatic rings. The summed E-state index contributed by atoms with van der Waals surface area (Å²) < 4.78 is 5.04. The number of methoxy groups -OCH3 is 1. The Hall–Kier alpha value is -2.83. The normalized spacial score (nSPS) is 15.7. The molecule has 0 unspecified atom stereocenters. The number of ether oxygens (including phenoxy) is 1. The molecule has 7 heteroatoms. The molecule has 0 bridgehead atoms. The number of fused-ring (bicyclic) bond motifs is 1. The van der Waals surface area contributed by atoms with Gasteiger partial charge in [-0.15, -0.1) is 0 Å². The predicted molar refractivity (Wildman–Crippen MR) is 121 cm³/mol. The third kappa shape index (κ3) is 4.60. The minimum atomic E-state index is -0.567. The van der Waals surface area contributed by atoms with Crippen molar-refractivity contribution >= 4 is 34.4 Å². The van der Waals surface area contributed by atoms with Crippen molar-refractivity contribution in [1.29, 1.82) is 0 Å². The van der Waals surface area contributed by atoms with E-state index in [9.17, 15) is 9.59 Å². The molecule has 1 aliphatic heterocycles. The van der Waals surface area contributed by atoms with Crippen LogP contribution >= 0.6 is 11.6 Å². The smallest absolute Gasteiger partial charge is 0.327 e. The number of aromatic amines is 1. The van der Waals surface area contributed by atoms with Crippen LogP contribution in [0.15, 0.2) is 54.7 Å². The number of benzene rings is 2. The lowest BCUT2D eigenvalue weighted by atomic mass is 10.0. The Morgan fingerprint density at radius 3 is 2.52 bits per heavy atom. The molecule has 0 radical (unpaired) electrons. The highest BCUT2D eigenvalue weighted by molar-refractivity contribution is 6.31. The Bertz CT molecular complexity index is 1070. The van der Waals surface area contributed by atoms with E-state index in [-0.39, 0.29) is 11.9 Å². The number of para-hydroxylation sites is 1. The van der Waals surface area contributed by atoms with Crippen molar-refractivity contribution in [2.75, 3.05) is 33.3 Å². The first-order valence-corrected chi connectivity index (χ1v) is 10.9. The Labute approximate surface area is 186 Å². The Kier molecular flexibility index (Phi) is 6.59. The number of aromatic nitrogens is 1. The number of amides is 1. The highest BCUT2D eigenvalue weighted by Crippen LogP contribution is 2.29. The molecule has 1 atom stereocenters. The van der Waals surface area contributed by atoms with E-state index in [4.69, 9.17) is 16.3 Å². The van der Waals surface area contributed by atoms with Gasteiger partial charge in [-0.3, -0.25) is 9.69 Å². The molecule has 2 heterocycles. The zero-order valence-corrected chi connectivity index (χ0v) is 18.3. The summed E-state index contributed by atoms with van der Waals surface area (Å²) in [6.45, 7) is 2.32. The van der Waals surface area contributed by atoms with Gasteiger partial charge in [0.25, 0.3) is 0 Å². The first-order valence-electron chi connectivity index (χ1n) is 10.5. The molecule has 1 saturated heterocycles. The lowest BCUT2D eigenvalue weighted by molar-refractivity contribution is -0.148. The van der Waals surface area contributed by atoms with E-state index in [1.165, 1.54) is 12.5 Å². The minimum Gasteiger partial charge on any atom is -0.468 e. The number of rotatable bonds is 6. The van der Waals surface area contributed by atoms with Gasteiger partial charge in [0.15, 0.2) is 0 Å². The summed E-state index contributed by atoms with van der Waals surface area (Å²) in [4.78, 5) is 32.5. The topological polar surface area (TPSA) is 65.6 Å². The number of carbonyl (C=O) groups excluding carboxylic acids is 2. The summed E-state index contributed by atoms with van der Waals surface area (Å²) in [5, 5.41) is 1.70. The predicted octanol–water partition coefficient (Wildman–Crippen LogP) is 3.81. The van der Waals surface area contributed by atoms with Crippen LogP contribution in [-0.2, 0) is 20.7 Å². The number of aryl methyl sites for hydroxylation is 1. The van der Waals surface area contributed by atoms with E-state index in [0.29, 0.717) is 44.0 Å². The summed E-state index contributed by atoms with van der Waals surface area (Å²) in [6.07, 6.45) is 3.15. The first-order chi connectivity index (χ1) is 15.1. The number of nitrogens with one attached hydrogen (secondary N) is 1. The van der Waals surface area contributed by atoms with Crippen LogP contribution < -0.4 is 0 Å². The van der Waals surface area contributed by atoms with Crippen LogP contribution in [0.25, 0.3) is 10.9 Å². The third-order valence-corrected chi connectivity index (χ3v) is 6.28. The third-order valence-electron chi connectivity index (χ3n) is 5.94. The van der Waals surface area contributed by atoms with Crippen molar-refractivity contribution in [3.05, 3.63) is 70.9 Å². The molecule has 162 valence electrons.